The van der Waals surface area contributed by atoms with Crippen LogP contribution in [0.4, 0.5) is 0 Å². The Labute approximate surface area is 176 Å². The van der Waals surface area contributed by atoms with Gasteiger partial charge in [0.1, 0.15) is 0 Å². The predicted octanol–water partition coefficient (Wildman–Crippen LogP) is 3.66. The minimum atomic E-state index is -0.0520. The molecule has 0 aliphatic rings. The highest BCUT2D eigenvalue weighted by atomic mass is 16.2. The number of hydrogen-bond acceptors (Lipinski definition) is 4. The summed E-state index contributed by atoms with van der Waals surface area (Å²) in [5.41, 5.74) is 6.89. The number of carbonyl (C=O) groups is 1. The first-order valence-corrected chi connectivity index (χ1v) is 9.95. The van der Waals surface area contributed by atoms with E-state index in [-0.39, 0.29) is 5.91 Å². The number of pyridine rings is 1. The summed E-state index contributed by atoms with van der Waals surface area (Å²) >= 11 is 0. The Morgan fingerprint density at radius 1 is 1.03 bits per heavy atom. The van der Waals surface area contributed by atoms with E-state index in [0.29, 0.717) is 17.8 Å². The van der Waals surface area contributed by atoms with Gasteiger partial charge in [0.05, 0.1) is 28.0 Å². The molecule has 3 aromatic heterocycles. The summed E-state index contributed by atoms with van der Waals surface area (Å²) in [7, 11) is 3.75. The summed E-state index contributed by atoms with van der Waals surface area (Å²) < 4.78 is 3.66. The number of benzene rings is 1. The second-order valence-electron chi connectivity index (χ2n) is 7.78. The number of carbonyl (C=O) groups excluding carboxylic acids is 1. The van der Waals surface area contributed by atoms with Gasteiger partial charge in [0, 0.05) is 37.6 Å². The van der Waals surface area contributed by atoms with Crippen molar-refractivity contribution in [3.8, 4) is 5.69 Å². The third-order valence-electron chi connectivity index (χ3n) is 5.57. The maximum absolute atomic E-state index is 13.5. The van der Waals surface area contributed by atoms with Gasteiger partial charge in [-0.25, -0.2) is 9.67 Å². The lowest BCUT2D eigenvalue weighted by Crippen LogP contribution is -2.27. The van der Waals surface area contributed by atoms with Gasteiger partial charge in [-0.05, 0) is 45.9 Å². The lowest BCUT2D eigenvalue weighted by molar-refractivity contribution is 0.0786. The van der Waals surface area contributed by atoms with E-state index >= 15 is 0 Å². The van der Waals surface area contributed by atoms with Crippen molar-refractivity contribution in [3.05, 3.63) is 70.3 Å². The summed E-state index contributed by atoms with van der Waals surface area (Å²) in [6.07, 6.45) is 0. The van der Waals surface area contributed by atoms with Crippen LogP contribution < -0.4 is 0 Å². The van der Waals surface area contributed by atoms with Crippen molar-refractivity contribution in [2.45, 2.75) is 34.2 Å². The van der Waals surface area contributed by atoms with Gasteiger partial charge in [-0.15, -0.1) is 0 Å². The number of para-hydroxylation sites is 1. The largest absolute Gasteiger partial charge is 0.337 e. The quantitative estimate of drug-likeness (QED) is 0.522. The zero-order valence-corrected chi connectivity index (χ0v) is 18.3. The van der Waals surface area contributed by atoms with Crippen LogP contribution in [0.1, 0.15) is 38.7 Å². The molecule has 3 heterocycles. The van der Waals surface area contributed by atoms with Crippen LogP contribution in [-0.2, 0) is 13.6 Å². The van der Waals surface area contributed by atoms with Gasteiger partial charge in [0.2, 0.25) is 0 Å². The first-order chi connectivity index (χ1) is 14.3. The molecule has 7 nitrogen and oxygen atoms in total. The number of rotatable bonds is 4. The Balaban J connectivity index is 1.78. The van der Waals surface area contributed by atoms with E-state index in [1.54, 1.807) is 4.90 Å². The topological polar surface area (TPSA) is 68.8 Å². The van der Waals surface area contributed by atoms with E-state index in [0.717, 1.165) is 39.4 Å². The second kappa shape index (κ2) is 7.40. The van der Waals surface area contributed by atoms with Gasteiger partial charge < -0.3 is 4.90 Å². The van der Waals surface area contributed by atoms with Crippen molar-refractivity contribution in [1.82, 2.24) is 29.4 Å². The average molecular weight is 403 g/mol. The molecule has 0 spiro atoms. The SMILES string of the molecule is Cc1cc(C(=O)N(C)Cc2c(C)nn(C)c2C)c2c(C)nn(-c3ccccc3)c2n1. The molecule has 0 saturated heterocycles. The van der Waals surface area contributed by atoms with E-state index in [9.17, 15) is 4.79 Å². The lowest BCUT2D eigenvalue weighted by Gasteiger charge is -2.18. The molecule has 0 bridgehead atoms. The first-order valence-electron chi connectivity index (χ1n) is 9.95. The van der Waals surface area contributed by atoms with E-state index in [4.69, 9.17) is 4.98 Å². The Kier molecular flexibility index (Phi) is 4.89. The van der Waals surface area contributed by atoms with Crippen LogP contribution in [-0.4, -0.2) is 42.4 Å². The molecular weight excluding hydrogens is 376 g/mol. The molecule has 1 amide bonds. The van der Waals surface area contributed by atoms with Gasteiger partial charge >= 0.3 is 0 Å². The van der Waals surface area contributed by atoms with Crippen LogP contribution >= 0.6 is 0 Å². The molecule has 0 N–H and O–H groups in total. The van der Waals surface area contributed by atoms with Gasteiger partial charge in [0.25, 0.3) is 5.91 Å². The number of aryl methyl sites for hydroxylation is 4. The third-order valence-corrected chi connectivity index (χ3v) is 5.57. The summed E-state index contributed by atoms with van der Waals surface area (Å²) in [4.78, 5) is 19.9. The smallest absolute Gasteiger partial charge is 0.254 e. The zero-order chi connectivity index (χ0) is 21.6. The highest BCUT2D eigenvalue weighted by Gasteiger charge is 2.23. The fourth-order valence-corrected chi connectivity index (χ4v) is 3.89. The highest BCUT2D eigenvalue weighted by Crippen LogP contribution is 2.26. The monoisotopic (exact) mass is 402 g/mol. The molecule has 0 atom stereocenters. The summed E-state index contributed by atoms with van der Waals surface area (Å²) in [6.45, 7) is 8.33. The molecule has 1 aromatic carbocycles. The van der Waals surface area contributed by atoms with Crippen LogP contribution in [0.25, 0.3) is 16.7 Å². The summed E-state index contributed by atoms with van der Waals surface area (Å²) in [5.74, 6) is -0.0520. The van der Waals surface area contributed by atoms with E-state index in [1.165, 1.54) is 0 Å². The van der Waals surface area contributed by atoms with Crippen LogP contribution in [0.2, 0.25) is 0 Å². The van der Waals surface area contributed by atoms with Crippen LogP contribution in [0.3, 0.4) is 0 Å². The lowest BCUT2D eigenvalue weighted by atomic mass is 10.1. The van der Waals surface area contributed by atoms with Crippen molar-refractivity contribution < 1.29 is 4.79 Å². The number of hydrogen-bond donors (Lipinski definition) is 0. The van der Waals surface area contributed by atoms with E-state index < -0.39 is 0 Å². The predicted molar refractivity (Wildman–Crippen MR) is 117 cm³/mol. The molecule has 0 unspecified atom stereocenters. The Bertz CT molecular complexity index is 1250. The van der Waals surface area contributed by atoms with Gasteiger partial charge in [-0.3, -0.25) is 9.48 Å². The average Bonchev–Trinajstić information content (AvgIpc) is 3.18. The number of amides is 1. The van der Waals surface area contributed by atoms with Crippen LogP contribution in [0.5, 0.6) is 0 Å². The molecule has 0 aliphatic carbocycles. The summed E-state index contributed by atoms with van der Waals surface area (Å²) in [6, 6.07) is 11.7. The Morgan fingerprint density at radius 3 is 2.37 bits per heavy atom. The first kappa shape index (κ1) is 19.8. The maximum atomic E-state index is 13.5. The van der Waals surface area contributed by atoms with Crippen molar-refractivity contribution >= 4 is 16.9 Å². The second-order valence-corrected chi connectivity index (χ2v) is 7.78. The highest BCUT2D eigenvalue weighted by molar-refractivity contribution is 6.06. The molecule has 0 aliphatic heterocycles. The van der Waals surface area contributed by atoms with E-state index in [2.05, 4.69) is 10.2 Å². The zero-order valence-electron chi connectivity index (χ0n) is 18.3. The molecule has 0 fully saturated rings. The fourth-order valence-electron chi connectivity index (χ4n) is 3.89. The van der Waals surface area contributed by atoms with Gasteiger partial charge in [0.15, 0.2) is 5.65 Å². The maximum Gasteiger partial charge on any atom is 0.254 e. The van der Waals surface area contributed by atoms with Crippen LogP contribution in [0.15, 0.2) is 36.4 Å². The summed E-state index contributed by atoms with van der Waals surface area (Å²) in [5, 5.41) is 9.95. The Hall–Kier alpha value is -3.48. The normalized spacial score (nSPS) is 11.3. The van der Waals surface area contributed by atoms with Crippen LogP contribution in [0, 0.1) is 27.7 Å². The standard InChI is InChI=1S/C23H26N6O/c1-14-12-19(23(30)27(5)13-20-15(2)25-28(6)17(20)4)21-16(3)26-29(22(21)24-14)18-10-8-7-9-11-18/h7-12H,13H2,1-6H3. The third kappa shape index (κ3) is 3.26. The van der Waals surface area contributed by atoms with Crippen molar-refractivity contribution in [2.24, 2.45) is 7.05 Å². The van der Waals surface area contributed by atoms with Crippen molar-refractivity contribution in [3.63, 3.8) is 0 Å². The molecular formula is C23H26N6O. The molecule has 0 saturated carbocycles. The number of aromatic nitrogens is 5. The van der Waals surface area contributed by atoms with Crippen molar-refractivity contribution in [1.29, 1.82) is 0 Å². The minimum absolute atomic E-state index is 0.0520. The molecule has 4 aromatic rings. The number of nitrogens with zero attached hydrogens (tertiary/aromatic N) is 6. The molecule has 0 radical (unpaired) electrons. The van der Waals surface area contributed by atoms with Gasteiger partial charge in [-0.2, -0.15) is 10.2 Å². The molecule has 4 rings (SSSR count). The molecule has 154 valence electrons. The molecule has 7 heteroatoms. The van der Waals surface area contributed by atoms with E-state index in [1.807, 2.05) is 87.6 Å². The van der Waals surface area contributed by atoms with Gasteiger partial charge in [-0.1, -0.05) is 18.2 Å². The van der Waals surface area contributed by atoms with Crippen molar-refractivity contribution in [2.75, 3.05) is 7.05 Å². The Morgan fingerprint density at radius 2 is 1.73 bits per heavy atom. The fraction of sp³-hybridized carbons (Fsp3) is 0.304. The molecule has 30 heavy (non-hydrogen) atoms. The minimum Gasteiger partial charge on any atom is -0.337 e. The number of fused-ring (bicyclic) bond motifs is 1.